The number of hydrogen-bond donors (Lipinski definition) is 2. The number of benzene rings is 1. The zero-order valence-corrected chi connectivity index (χ0v) is 6.86. The molecule has 0 saturated carbocycles. The molecule has 4 nitrogen and oxygen atoms in total. The minimum absolute atomic E-state index is 0.315. The van der Waals surface area contributed by atoms with Gasteiger partial charge in [-0.3, -0.25) is 0 Å². The molecule has 1 rings (SSSR count). The smallest absolute Gasteiger partial charge is 0.371 e. The van der Waals surface area contributed by atoms with E-state index < -0.39 is 5.97 Å². The van der Waals surface area contributed by atoms with Crippen LogP contribution in [0.15, 0.2) is 36.6 Å². The average molecular weight is 179 g/mol. The zero-order chi connectivity index (χ0) is 9.84. The summed E-state index contributed by atoms with van der Waals surface area (Å²) in [4.78, 5) is 10.3. The number of ether oxygens (including phenoxy) is 1. The maximum atomic E-state index is 10.3. The van der Waals surface area contributed by atoms with E-state index in [1.165, 1.54) is 0 Å². The van der Waals surface area contributed by atoms with Gasteiger partial charge in [0.1, 0.15) is 5.75 Å². The van der Waals surface area contributed by atoms with Crippen molar-refractivity contribution in [2.24, 2.45) is 0 Å². The van der Waals surface area contributed by atoms with Gasteiger partial charge in [-0.2, -0.15) is 0 Å². The van der Waals surface area contributed by atoms with Gasteiger partial charge < -0.3 is 15.6 Å². The fourth-order valence-electron chi connectivity index (χ4n) is 0.722. The lowest BCUT2D eigenvalue weighted by Crippen LogP contribution is -2.05. The molecule has 0 aliphatic rings. The molecule has 0 amide bonds. The molecule has 0 radical (unpaired) electrons. The van der Waals surface area contributed by atoms with Gasteiger partial charge in [0.05, 0.1) is 0 Å². The molecule has 0 heterocycles. The standard InChI is InChI=1S/C9H9NO3/c1-6(9(11)12)13-8-4-2-7(10)3-5-8/h2-5H,1,10H2,(H,11,12). The van der Waals surface area contributed by atoms with Gasteiger partial charge >= 0.3 is 5.97 Å². The number of aliphatic carboxylic acids is 1. The highest BCUT2D eigenvalue weighted by atomic mass is 16.5. The summed E-state index contributed by atoms with van der Waals surface area (Å²) in [5.41, 5.74) is 6.01. The van der Waals surface area contributed by atoms with Crippen molar-refractivity contribution in [3.05, 3.63) is 36.6 Å². The maximum Gasteiger partial charge on any atom is 0.371 e. The zero-order valence-electron chi connectivity index (χ0n) is 6.86. The fraction of sp³-hybridized carbons (Fsp3) is 0. The average Bonchev–Trinajstić information content (AvgIpc) is 2.08. The Labute approximate surface area is 75.2 Å². The van der Waals surface area contributed by atoms with E-state index in [0.29, 0.717) is 11.4 Å². The summed E-state index contributed by atoms with van der Waals surface area (Å²) in [6.07, 6.45) is 0. The van der Waals surface area contributed by atoms with E-state index in [4.69, 9.17) is 15.6 Å². The highest BCUT2D eigenvalue weighted by Gasteiger charge is 2.05. The van der Waals surface area contributed by atoms with Crippen molar-refractivity contribution in [1.82, 2.24) is 0 Å². The molecule has 1 aromatic carbocycles. The summed E-state index contributed by atoms with van der Waals surface area (Å²) >= 11 is 0. The Bertz CT molecular complexity index is 329. The van der Waals surface area contributed by atoms with Crippen LogP contribution in [0, 0.1) is 0 Å². The van der Waals surface area contributed by atoms with Crippen LogP contribution in [0.2, 0.25) is 0 Å². The first-order valence-corrected chi connectivity index (χ1v) is 3.55. The van der Waals surface area contributed by atoms with Gasteiger partial charge in [0, 0.05) is 5.69 Å². The van der Waals surface area contributed by atoms with Crippen LogP contribution < -0.4 is 10.5 Å². The molecule has 0 saturated heterocycles. The summed E-state index contributed by atoms with van der Waals surface area (Å²) in [6, 6.07) is 6.38. The van der Waals surface area contributed by atoms with Crippen LogP contribution in [0.25, 0.3) is 0 Å². The molecule has 0 unspecified atom stereocenters. The van der Waals surface area contributed by atoms with Crippen LogP contribution >= 0.6 is 0 Å². The second kappa shape index (κ2) is 3.62. The van der Waals surface area contributed by atoms with Crippen molar-refractivity contribution in [2.45, 2.75) is 0 Å². The first kappa shape index (κ1) is 9.12. The highest BCUT2D eigenvalue weighted by Crippen LogP contribution is 2.15. The lowest BCUT2D eigenvalue weighted by molar-refractivity contribution is -0.135. The topological polar surface area (TPSA) is 72.5 Å². The SMILES string of the molecule is C=C(Oc1ccc(N)cc1)C(=O)O. The Balaban J connectivity index is 2.70. The molecular formula is C9H9NO3. The molecule has 1 aromatic rings. The molecule has 3 N–H and O–H groups in total. The third-order valence-corrected chi connectivity index (χ3v) is 1.36. The second-order valence-corrected chi connectivity index (χ2v) is 2.40. The molecule has 0 bridgehead atoms. The monoisotopic (exact) mass is 179 g/mol. The summed E-state index contributed by atoms with van der Waals surface area (Å²) < 4.78 is 4.88. The van der Waals surface area contributed by atoms with Crippen molar-refractivity contribution in [1.29, 1.82) is 0 Å². The van der Waals surface area contributed by atoms with Crippen molar-refractivity contribution in [3.63, 3.8) is 0 Å². The lowest BCUT2D eigenvalue weighted by atomic mass is 10.3. The van der Waals surface area contributed by atoms with Crippen molar-refractivity contribution < 1.29 is 14.6 Å². The quantitative estimate of drug-likeness (QED) is 0.416. The second-order valence-electron chi connectivity index (χ2n) is 2.40. The van der Waals surface area contributed by atoms with Gasteiger partial charge in [-0.25, -0.2) is 4.79 Å². The Morgan fingerprint density at radius 1 is 1.38 bits per heavy atom. The lowest BCUT2D eigenvalue weighted by Gasteiger charge is -2.03. The van der Waals surface area contributed by atoms with Crippen molar-refractivity contribution >= 4 is 11.7 Å². The number of carboxylic acid groups (broad SMARTS) is 1. The summed E-state index contributed by atoms with van der Waals surface area (Å²) in [5, 5.41) is 8.45. The maximum absolute atomic E-state index is 10.3. The number of nitrogen functional groups attached to an aromatic ring is 1. The van der Waals surface area contributed by atoms with Gasteiger partial charge in [-0.15, -0.1) is 0 Å². The molecule has 0 fully saturated rings. The largest absolute Gasteiger partial charge is 0.475 e. The number of rotatable bonds is 3. The normalized spacial score (nSPS) is 9.23. The van der Waals surface area contributed by atoms with Crippen LogP contribution in [0.5, 0.6) is 5.75 Å². The van der Waals surface area contributed by atoms with E-state index in [9.17, 15) is 4.79 Å². The fourth-order valence-corrected chi connectivity index (χ4v) is 0.722. The van der Waals surface area contributed by atoms with E-state index in [2.05, 4.69) is 6.58 Å². The third-order valence-electron chi connectivity index (χ3n) is 1.36. The van der Waals surface area contributed by atoms with Crippen molar-refractivity contribution in [2.75, 3.05) is 5.73 Å². The predicted molar refractivity (Wildman–Crippen MR) is 48.3 cm³/mol. The van der Waals surface area contributed by atoms with Crippen LogP contribution in [0.3, 0.4) is 0 Å². The minimum atomic E-state index is -1.18. The molecule has 13 heavy (non-hydrogen) atoms. The van der Waals surface area contributed by atoms with Gasteiger partial charge in [0.25, 0.3) is 0 Å². The molecule has 0 aliphatic heterocycles. The molecular weight excluding hydrogens is 170 g/mol. The number of hydrogen-bond acceptors (Lipinski definition) is 3. The van der Waals surface area contributed by atoms with Crippen LogP contribution in [0.4, 0.5) is 5.69 Å². The first-order valence-electron chi connectivity index (χ1n) is 3.55. The van der Waals surface area contributed by atoms with E-state index >= 15 is 0 Å². The van der Waals surface area contributed by atoms with Gasteiger partial charge in [-0.05, 0) is 30.8 Å². The van der Waals surface area contributed by atoms with Crippen molar-refractivity contribution in [3.8, 4) is 5.75 Å². The minimum Gasteiger partial charge on any atom is -0.475 e. The molecule has 4 heteroatoms. The van der Waals surface area contributed by atoms with E-state index in [-0.39, 0.29) is 5.76 Å². The summed E-state index contributed by atoms with van der Waals surface area (Å²) in [6.45, 7) is 3.22. The first-order chi connectivity index (χ1) is 6.09. The molecule has 0 aliphatic carbocycles. The molecule has 0 spiro atoms. The third kappa shape index (κ3) is 2.52. The van der Waals surface area contributed by atoms with Crippen LogP contribution in [0.1, 0.15) is 0 Å². The van der Waals surface area contributed by atoms with E-state index in [1.54, 1.807) is 24.3 Å². The number of carboxylic acids is 1. The Hall–Kier alpha value is -1.97. The van der Waals surface area contributed by atoms with E-state index in [0.717, 1.165) is 0 Å². The predicted octanol–water partition coefficient (Wildman–Crippen LogP) is 1.25. The summed E-state index contributed by atoms with van der Waals surface area (Å²) in [7, 11) is 0. The van der Waals surface area contributed by atoms with E-state index in [1.807, 2.05) is 0 Å². The van der Waals surface area contributed by atoms with Crippen LogP contribution in [-0.2, 0) is 4.79 Å². The Morgan fingerprint density at radius 2 is 1.92 bits per heavy atom. The van der Waals surface area contributed by atoms with Crippen LogP contribution in [-0.4, -0.2) is 11.1 Å². The Kier molecular flexibility index (Phi) is 2.54. The van der Waals surface area contributed by atoms with Gasteiger partial charge in [0.2, 0.25) is 5.76 Å². The number of carbonyl (C=O) groups is 1. The molecule has 68 valence electrons. The Morgan fingerprint density at radius 3 is 2.38 bits per heavy atom. The highest BCUT2D eigenvalue weighted by molar-refractivity contribution is 5.84. The molecule has 0 atom stereocenters. The van der Waals surface area contributed by atoms with Gasteiger partial charge in [0.15, 0.2) is 0 Å². The molecule has 0 aromatic heterocycles. The number of nitrogens with two attached hydrogens (primary N) is 1. The summed E-state index contributed by atoms with van der Waals surface area (Å²) in [5.74, 6) is -1.09. The number of anilines is 1. The van der Waals surface area contributed by atoms with Gasteiger partial charge in [-0.1, -0.05) is 0 Å².